The highest BCUT2D eigenvalue weighted by Crippen LogP contribution is 2.11. The van der Waals surface area contributed by atoms with Crippen molar-refractivity contribution < 1.29 is 9.50 Å². The normalized spacial score (nSPS) is 14.7. The van der Waals surface area contributed by atoms with Gasteiger partial charge < -0.3 is 5.11 Å². The maximum absolute atomic E-state index is 11.8. The van der Waals surface area contributed by atoms with Crippen molar-refractivity contribution in [2.45, 2.75) is 32.8 Å². The number of hydrogen-bond donors (Lipinski definition) is 1. The van der Waals surface area contributed by atoms with E-state index in [-0.39, 0.29) is 0 Å². The summed E-state index contributed by atoms with van der Waals surface area (Å²) in [4.78, 5) is 0. The van der Waals surface area contributed by atoms with Gasteiger partial charge in [0.1, 0.15) is 0 Å². The lowest BCUT2D eigenvalue weighted by Crippen LogP contribution is -2.06. The molecular formula is C9H15FO. The molecule has 0 bridgehead atoms. The van der Waals surface area contributed by atoms with E-state index in [4.69, 9.17) is 0 Å². The van der Waals surface area contributed by atoms with Crippen LogP contribution in [0.1, 0.15) is 26.7 Å². The third-order valence-corrected chi connectivity index (χ3v) is 1.57. The summed E-state index contributed by atoms with van der Waals surface area (Å²) in [5, 5.41) is 9.22. The Hall–Kier alpha value is -0.630. The summed E-state index contributed by atoms with van der Waals surface area (Å²) in [5.74, 6) is 0. The van der Waals surface area contributed by atoms with Gasteiger partial charge in [-0.25, -0.2) is 4.39 Å². The SMILES string of the molecule is C=C(C)C(O)CC/C(C)=C\F. The minimum Gasteiger partial charge on any atom is -0.389 e. The minimum atomic E-state index is -0.495. The number of rotatable bonds is 4. The summed E-state index contributed by atoms with van der Waals surface area (Å²) in [7, 11) is 0. The highest BCUT2D eigenvalue weighted by molar-refractivity contribution is 5.00. The predicted octanol–water partition coefficient (Wildman–Crippen LogP) is 2.58. The summed E-state index contributed by atoms with van der Waals surface area (Å²) < 4.78 is 11.8. The van der Waals surface area contributed by atoms with Crippen molar-refractivity contribution in [3.63, 3.8) is 0 Å². The molecule has 0 amide bonds. The molecule has 0 heterocycles. The summed E-state index contributed by atoms with van der Waals surface area (Å²) in [6.07, 6.45) is 1.22. The zero-order valence-corrected chi connectivity index (χ0v) is 7.10. The van der Waals surface area contributed by atoms with Gasteiger partial charge in [0, 0.05) is 0 Å². The fraction of sp³-hybridized carbons (Fsp3) is 0.556. The molecule has 1 unspecified atom stereocenters. The summed E-state index contributed by atoms with van der Waals surface area (Å²) in [5.41, 5.74) is 1.39. The second-order valence-corrected chi connectivity index (χ2v) is 2.86. The van der Waals surface area contributed by atoms with E-state index in [1.54, 1.807) is 13.8 Å². The van der Waals surface area contributed by atoms with E-state index in [0.29, 0.717) is 24.7 Å². The Kier molecular flexibility index (Phi) is 4.79. The average molecular weight is 158 g/mol. The molecule has 0 aromatic rings. The first-order valence-corrected chi connectivity index (χ1v) is 3.67. The Bertz CT molecular complexity index is 161. The van der Waals surface area contributed by atoms with Crippen LogP contribution in [0.15, 0.2) is 24.1 Å². The molecular weight excluding hydrogens is 143 g/mol. The van der Waals surface area contributed by atoms with Crippen molar-refractivity contribution >= 4 is 0 Å². The van der Waals surface area contributed by atoms with Gasteiger partial charge >= 0.3 is 0 Å². The van der Waals surface area contributed by atoms with Crippen molar-refractivity contribution in [3.05, 3.63) is 24.1 Å². The third kappa shape index (κ3) is 4.73. The van der Waals surface area contributed by atoms with Crippen LogP contribution in [0.5, 0.6) is 0 Å². The molecule has 0 aromatic carbocycles. The molecule has 0 aromatic heterocycles. The van der Waals surface area contributed by atoms with E-state index in [2.05, 4.69) is 6.58 Å². The topological polar surface area (TPSA) is 20.2 Å². The molecule has 1 N–H and O–H groups in total. The van der Waals surface area contributed by atoms with Crippen molar-refractivity contribution in [1.29, 1.82) is 0 Å². The van der Waals surface area contributed by atoms with Crippen LogP contribution < -0.4 is 0 Å². The molecule has 0 saturated carbocycles. The molecule has 11 heavy (non-hydrogen) atoms. The van der Waals surface area contributed by atoms with E-state index < -0.39 is 6.10 Å². The van der Waals surface area contributed by atoms with Crippen molar-refractivity contribution in [2.24, 2.45) is 0 Å². The van der Waals surface area contributed by atoms with Gasteiger partial charge in [-0.3, -0.25) is 0 Å². The largest absolute Gasteiger partial charge is 0.389 e. The fourth-order valence-corrected chi connectivity index (χ4v) is 0.665. The maximum Gasteiger partial charge on any atom is 0.0856 e. The smallest absolute Gasteiger partial charge is 0.0856 e. The van der Waals surface area contributed by atoms with Gasteiger partial charge in [-0.15, -0.1) is 0 Å². The van der Waals surface area contributed by atoms with Crippen LogP contribution in [0.4, 0.5) is 4.39 Å². The maximum atomic E-state index is 11.8. The lowest BCUT2D eigenvalue weighted by atomic mass is 10.1. The standard InChI is InChI=1S/C9H15FO/c1-7(2)9(11)5-4-8(3)6-10/h6,9,11H,1,4-5H2,2-3H3/b8-6-. The average Bonchev–Trinajstić information content (AvgIpc) is 1.99. The first-order chi connectivity index (χ1) is 5.07. The first kappa shape index (κ1) is 10.4. The molecule has 2 heteroatoms. The van der Waals surface area contributed by atoms with Gasteiger partial charge in [0.05, 0.1) is 12.4 Å². The van der Waals surface area contributed by atoms with E-state index in [9.17, 15) is 9.50 Å². The van der Waals surface area contributed by atoms with E-state index in [1.807, 2.05) is 0 Å². The summed E-state index contributed by atoms with van der Waals surface area (Å²) >= 11 is 0. The number of aliphatic hydroxyl groups is 1. The number of allylic oxidation sites excluding steroid dienone is 1. The van der Waals surface area contributed by atoms with Crippen molar-refractivity contribution in [3.8, 4) is 0 Å². The van der Waals surface area contributed by atoms with Crippen LogP contribution in [0.2, 0.25) is 0 Å². The molecule has 64 valence electrons. The monoisotopic (exact) mass is 158 g/mol. The minimum absolute atomic E-state index is 0.495. The number of halogens is 1. The molecule has 1 nitrogen and oxygen atoms in total. The molecule has 0 radical (unpaired) electrons. The van der Waals surface area contributed by atoms with Gasteiger partial charge in [-0.2, -0.15) is 0 Å². The summed E-state index contributed by atoms with van der Waals surface area (Å²) in [6, 6.07) is 0. The molecule has 0 fully saturated rings. The second-order valence-electron chi connectivity index (χ2n) is 2.86. The van der Waals surface area contributed by atoms with Crippen LogP contribution in [0.25, 0.3) is 0 Å². The highest BCUT2D eigenvalue weighted by Gasteiger charge is 2.03. The van der Waals surface area contributed by atoms with Crippen LogP contribution in [-0.2, 0) is 0 Å². The van der Waals surface area contributed by atoms with Gasteiger partial charge in [0.25, 0.3) is 0 Å². The van der Waals surface area contributed by atoms with Gasteiger partial charge in [0.2, 0.25) is 0 Å². The first-order valence-electron chi connectivity index (χ1n) is 3.67. The zero-order chi connectivity index (χ0) is 8.85. The fourth-order valence-electron chi connectivity index (χ4n) is 0.665. The number of hydrogen-bond acceptors (Lipinski definition) is 1. The molecule has 0 rings (SSSR count). The van der Waals surface area contributed by atoms with E-state index >= 15 is 0 Å². The van der Waals surface area contributed by atoms with Crippen LogP contribution in [0, 0.1) is 0 Å². The molecule has 0 aliphatic carbocycles. The van der Waals surface area contributed by atoms with Crippen LogP contribution >= 0.6 is 0 Å². The Balaban J connectivity index is 3.62. The lowest BCUT2D eigenvalue weighted by Gasteiger charge is -2.08. The molecule has 0 aliphatic rings. The zero-order valence-electron chi connectivity index (χ0n) is 7.10. The summed E-state index contributed by atoms with van der Waals surface area (Å²) in [6.45, 7) is 7.06. The molecule has 0 aliphatic heterocycles. The molecule has 1 atom stereocenters. The Morgan fingerprint density at radius 3 is 2.55 bits per heavy atom. The Labute approximate surface area is 67.2 Å². The van der Waals surface area contributed by atoms with Gasteiger partial charge in [0.15, 0.2) is 0 Å². The van der Waals surface area contributed by atoms with Crippen LogP contribution in [-0.4, -0.2) is 11.2 Å². The van der Waals surface area contributed by atoms with Gasteiger partial charge in [-0.05, 0) is 32.3 Å². The van der Waals surface area contributed by atoms with Crippen molar-refractivity contribution in [1.82, 2.24) is 0 Å². The van der Waals surface area contributed by atoms with Crippen LogP contribution in [0.3, 0.4) is 0 Å². The van der Waals surface area contributed by atoms with Crippen molar-refractivity contribution in [2.75, 3.05) is 0 Å². The molecule has 0 spiro atoms. The molecule has 0 saturated heterocycles. The third-order valence-electron chi connectivity index (χ3n) is 1.57. The Morgan fingerprint density at radius 1 is 1.64 bits per heavy atom. The second kappa shape index (κ2) is 5.08. The van der Waals surface area contributed by atoms with E-state index in [0.717, 1.165) is 5.57 Å². The predicted molar refractivity (Wildman–Crippen MR) is 44.9 cm³/mol. The van der Waals surface area contributed by atoms with E-state index in [1.165, 1.54) is 0 Å². The Morgan fingerprint density at radius 2 is 2.18 bits per heavy atom. The number of aliphatic hydroxyl groups excluding tert-OH is 1. The van der Waals surface area contributed by atoms with Gasteiger partial charge in [-0.1, -0.05) is 12.2 Å². The quantitative estimate of drug-likeness (QED) is 0.623. The lowest BCUT2D eigenvalue weighted by molar-refractivity contribution is 0.201. The highest BCUT2D eigenvalue weighted by atomic mass is 19.1.